The molecule has 6 nitrogen and oxygen atoms in total. The van der Waals surface area contributed by atoms with Crippen molar-refractivity contribution in [1.82, 2.24) is 19.5 Å². The molecule has 1 atom stereocenters. The van der Waals surface area contributed by atoms with E-state index in [0.717, 1.165) is 47.7 Å². The van der Waals surface area contributed by atoms with Gasteiger partial charge in [-0.25, -0.2) is 18.7 Å². The molecule has 0 spiro atoms. The zero-order valence-corrected chi connectivity index (χ0v) is 20.3. The van der Waals surface area contributed by atoms with E-state index in [1.54, 1.807) is 24.5 Å². The SMILES string of the molecule is CC(C)(O)O.FC(F)c1ccc(CCC2=CC(n3ccc4c(Cl)ncnc43)CC2)c2cnccc12. The highest BCUT2D eigenvalue weighted by molar-refractivity contribution is 6.33. The first-order valence-electron chi connectivity index (χ1n) is 11.4. The van der Waals surface area contributed by atoms with Crippen LogP contribution in [0.4, 0.5) is 8.78 Å². The lowest BCUT2D eigenvalue weighted by Crippen LogP contribution is -2.15. The Bertz CT molecular complexity index is 1360. The molecule has 2 N–H and O–H groups in total. The highest BCUT2D eigenvalue weighted by atomic mass is 35.5. The van der Waals surface area contributed by atoms with E-state index in [2.05, 4.69) is 25.6 Å². The molecule has 9 heteroatoms. The van der Waals surface area contributed by atoms with Crippen LogP contribution in [-0.4, -0.2) is 35.5 Å². The number of rotatable bonds is 5. The molecule has 1 aliphatic carbocycles. The fourth-order valence-electron chi connectivity index (χ4n) is 4.38. The standard InChI is InChI=1S/C23H19ClF2N4.C3H8O2/c24-21-19-8-10-30(23(19)29-13-28-21)16-5-2-14(11-16)1-3-15-4-6-18(22(25)26)17-7-9-27-12-20(15)17;1-3(2,4)5/h4,6-13,16,22H,1-3,5H2;4-5H,1-2H3. The van der Waals surface area contributed by atoms with Gasteiger partial charge in [0.15, 0.2) is 5.79 Å². The van der Waals surface area contributed by atoms with Crippen LogP contribution in [0.25, 0.3) is 21.8 Å². The van der Waals surface area contributed by atoms with Gasteiger partial charge in [0.25, 0.3) is 6.43 Å². The third-order valence-electron chi connectivity index (χ3n) is 5.90. The summed E-state index contributed by atoms with van der Waals surface area (Å²) < 4.78 is 28.8. The van der Waals surface area contributed by atoms with Gasteiger partial charge < -0.3 is 14.8 Å². The largest absolute Gasteiger partial charge is 0.366 e. The summed E-state index contributed by atoms with van der Waals surface area (Å²) in [6.07, 6.45) is 10.3. The fraction of sp³-hybridized carbons (Fsp3) is 0.346. The van der Waals surface area contributed by atoms with Crippen molar-refractivity contribution in [2.24, 2.45) is 0 Å². The minimum absolute atomic E-state index is 0.0661. The first kappa shape index (κ1) is 25.2. The Balaban J connectivity index is 0.000000527. The Morgan fingerprint density at radius 1 is 1.09 bits per heavy atom. The summed E-state index contributed by atoms with van der Waals surface area (Å²) in [5.41, 5.74) is 3.34. The first-order chi connectivity index (χ1) is 16.6. The monoisotopic (exact) mass is 500 g/mol. The van der Waals surface area contributed by atoms with E-state index in [4.69, 9.17) is 21.8 Å². The van der Waals surface area contributed by atoms with Crippen LogP contribution >= 0.6 is 11.6 Å². The van der Waals surface area contributed by atoms with Gasteiger partial charge in [-0.2, -0.15) is 0 Å². The number of aryl methyl sites for hydroxylation is 1. The summed E-state index contributed by atoms with van der Waals surface area (Å²) >= 11 is 6.17. The Morgan fingerprint density at radius 3 is 2.60 bits per heavy atom. The minimum atomic E-state index is -2.49. The lowest BCUT2D eigenvalue weighted by Gasteiger charge is -2.11. The van der Waals surface area contributed by atoms with Gasteiger partial charge in [-0.05, 0) is 62.6 Å². The number of nitrogens with zero attached hydrogens (tertiary/aromatic N) is 4. The van der Waals surface area contributed by atoms with Gasteiger partial charge in [-0.3, -0.25) is 4.98 Å². The van der Waals surface area contributed by atoms with Crippen molar-refractivity contribution in [2.45, 2.75) is 57.8 Å². The average Bonchev–Trinajstić information content (AvgIpc) is 3.43. The maximum Gasteiger partial charge on any atom is 0.264 e. The molecule has 0 aliphatic heterocycles. The number of pyridine rings is 1. The summed E-state index contributed by atoms with van der Waals surface area (Å²) in [7, 11) is 0. The van der Waals surface area contributed by atoms with E-state index >= 15 is 0 Å². The number of fused-ring (bicyclic) bond motifs is 2. The van der Waals surface area contributed by atoms with Gasteiger partial charge in [0.2, 0.25) is 0 Å². The summed E-state index contributed by atoms with van der Waals surface area (Å²) in [6, 6.07) is 7.23. The predicted octanol–water partition coefficient (Wildman–Crippen LogP) is 6.17. The molecule has 0 radical (unpaired) electrons. The van der Waals surface area contributed by atoms with Crippen molar-refractivity contribution in [1.29, 1.82) is 0 Å². The van der Waals surface area contributed by atoms with Crippen LogP contribution in [0.3, 0.4) is 0 Å². The van der Waals surface area contributed by atoms with Crippen molar-refractivity contribution in [3.63, 3.8) is 0 Å². The van der Waals surface area contributed by atoms with E-state index in [1.165, 1.54) is 25.7 Å². The van der Waals surface area contributed by atoms with Crippen molar-refractivity contribution in [3.8, 4) is 0 Å². The molecule has 0 saturated heterocycles. The molecular formula is C26H27ClF2N4O2. The average molecular weight is 501 g/mol. The third-order valence-corrected chi connectivity index (χ3v) is 6.20. The third kappa shape index (κ3) is 6.01. The van der Waals surface area contributed by atoms with Crippen LogP contribution in [-0.2, 0) is 6.42 Å². The summed E-state index contributed by atoms with van der Waals surface area (Å²) in [6.45, 7) is 2.60. The number of aromatic nitrogens is 4. The van der Waals surface area contributed by atoms with E-state index in [1.807, 2.05) is 18.3 Å². The second-order valence-electron chi connectivity index (χ2n) is 9.09. The van der Waals surface area contributed by atoms with Crippen molar-refractivity contribution in [3.05, 3.63) is 77.1 Å². The van der Waals surface area contributed by atoms with Gasteiger partial charge in [0.05, 0.1) is 11.4 Å². The Morgan fingerprint density at radius 2 is 1.86 bits per heavy atom. The van der Waals surface area contributed by atoms with Crippen molar-refractivity contribution >= 4 is 33.4 Å². The molecule has 4 aromatic rings. The molecule has 0 saturated carbocycles. The highest BCUT2D eigenvalue weighted by Gasteiger charge is 2.20. The van der Waals surface area contributed by atoms with E-state index in [9.17, 15) is 8.78 Å². The number of allylic oxidation sites excluding steroid dienone is 2. The number of halogens is 3. The van der Waals surface area contributed by atoms with Crippen molar-refractivity contribution < 1.29 is 19.0 Å². The summed E-state index contributed by atoms with van der Waals surface area (Å²) in [5.74, 6) is -1.50. The molecule has 3 aromatic heterocycles. The first-order valence-corrected chi connectivity index (χ1v) is 11.7. The van der Waals surface area contributed by atoms with E-state index < -0.39 is 12.2 Å². The number of aliphatic hydroxyl groups is 2. The second-order valence-corrected chi connectivity index (χ2v) is 9.44. The van der Waals surface area contributed by atoms with Crippen LogP contribution in [0.1, 0.15) is 56.7 Å². The maximum atomic E-state index is 13.3. The van der Waals surface area contributed by atoms with E-state index in [0.29, 0.717) is 10.5 Å². The molecule has 3 heterocycles. The molecule has 0 bridgehead atoms. The van der Waals surface area contributed by atoms with Gasteiger partial charge in [-0.1, -0.05) is 35.4 Å². The molecule has 184 valence electrons. The Hall–Kier alpha value is -2.94. The molecule has 5 rings (SSSR count). The quantitative estimate of drug-likeness (QED) is 0.194. The smallest absolute Gasteiger partial charge is 0.264 e. The van der Waals surface area contributed by atoms with Crippen LogP contribution < -0.4 is 0 Å². The Labute approximate surface area is 206 Å². The molecule has 1 aromatic carbocycles. The minimum Gasteiger partial charge on any atom is -0.366 e. The number of hydrogen-bond acceptors (Lipinski definition) is 5. The number of hydrogen-bond donors (Lipinski definition) is 2. The van der Waals surface area contributed by atoms with Crippen molar-refractivity contribution in [2.75, 3.05) is 0 Å². The molecule has 1 aliphatic rings. The summed E-state index contributed by atoms with van der Waals surface area (Å²) in [4.78, 5) is 12.6. The predicted molar refractivity (Wildman–Crippen MR) is 132 cm³/mol. The van der Waals surface area contributed by atoms with E-state index in [-0.39, 0.29) is 11.6 Å². The Kier molecular flexibility index (Phi) is 7.44. The topological polar surface area (TPSA) is 84.1 Å². The van der Waals surface area contributed by atoms with Crippen LogP contribution in [0, 0.1) is 0 Å². The number of benzene rings is 1. The molecular weight excluding hydrogens is 474 g/mol. The molecule has 0 amide bonds. The van der Waals surface area contributed by atoms with Gasteiger partial charge >= 0.3 is 0 Å². The number of alkyl halides is 2. The lowest BCUT2D eigenvalue weighted by molar-refractivity contribution is -0.127. The highest BCUT2D eigenvalue weighted by Crippen LogP contribution is 2.35. The zero-order valence-electron chi connectivity index (χ0n) is 19.5. The second kappa shape index (κ2) is 10.4. The molecule has 35 heavy (non-hydrogen) atoms. The van der Waals surface area contributed by atoms with Crippen LogP contribution in [0.5, 0.6) is 0 Å². The van der Waals surface area contributed by atoms with Crippen LogP contribution in [0.15, 0.2) is 60.8 Å². The molecule has 0 fully saturated rings. The van der Waals surface area contributed by atoms with Gasteiger partial charge in [0, 0.05) is 29.5 Å². The lowest BCUT2D eigenvalue weighted by atomic mass is 9.97. The normalized spacial score (nSPS) is 16.0. The van der Waals surface area contributed by atoms with Gasteiger partial charge in [0.1, 0.15) is 17.1 Å². The van der Waals surface area contributed by atoms with Gasteiger partial charge in [-0.15, -0.1) is 0 Å². The summed E-state index contributed by atoms with van der Waals surface area (Å²) in [5, 5.41) is 18.9. The van der Waals surface area contributed by atoms with Crippen LogP contribution in [0.2, 0.25) is 5.15 Å². The fourth-order valence-corrected chi connectivity index (χ4v) is 4.57. The zero-order chi connectivity index (χ0) is 25.2. The molecule has 1 unspecified atom stereocenters. The maximum absolute atomic E-state index is 13.3.